The van der Waals surface area contributed by atoms with Gasteiger partial charge in [0.15, 0.2) is 5.76 Å². The number of nitrogens with zero attached hydrogens (tertiary/aromatic N) is 4. The van der Waals surface area contributed by atoms with Gasteiger partial charge in [0.1, 0.15) is 11.6 Å². The lowest BCUT2D eigenvalue weighted by atomic mass is 10.1. The highest BCUT2D eigenvalue weighted by Crippen LogP contribution is 2.25. The lowest BCUT2D eigenvalue weighted by Crippen LogP contribution is -2.36. The lowest BCUT2D eigenvalue weighted by Gasteiger charge is -2.27. The van der Waals surface area contributed by atoms with E-state index in [9.17, 15) is 0 Å². The number of nitrogen functional groups attached to an aromatic ring is 1. The topological polar surface area (TPSA) is 90.3 Å². The molecule has 25 heavy (non-hydrogen) atoms. The van der Waals surface area contributed by atoms with Crippen molar-refractivity contribution in [3.8, 4) is 11.3 Å². The van der Waals surface area contributed by atoms with Crippen molar-refractivity contribution >= 4 is 11.6 Å². The van der Waals surface area contributed by atoms with Crippen LogP contribution in [0.15, 0.2) is 47.2 Å². The third kappa shape index (κ3) is 3.46. The number of hydrogen-bond acceptors (Lipinski definition) is 7. The van der Waals surface area contributed by atoms with Gasteiger partial charge in [-0.05, 0) is 23.8 Å². The van der Waals surface area contributed by atoms with E-state index in [0.717, 1.165) is 48.9 Å². The molecule has 0 bridgehead atoms. The van der Waals surface area contributed by atoms with E-state index in [1.807, 2.05) is 30.5 Å². The van der Waals surface area contributed by atoms with Gasteiger partial charge in [-0.3, -0.25) is 0 Å². The van der Waals surface area contributed by atoms with Gasteiger partial charge >= 0.3 is 0 Å². The van der Waals surface area contributed by atoms with E-state index in [1.165, 1.54) is 0 Å². The van der Waals surface area contributed by atoms with Crippen LogP contribution in [0.1, 0.15) is 11.3 Å². The monoisotopic (exact) mass is 337 g/mol. The minimum absolute atomic E-state index is 0.432. The molecule has 1 saturated heterocycles. The Morgan fingerprint density at radius 1 is 1.12 bits per heavy atom. The van der Waals surface area contributed by atoms with Gasteiger partial charge in [0.05, 0.1) is 24.5 Å². The molecule has 0 unspecified atom stereocenters. The van der Waals surface area contributed by atoms with Crippen LogP contribution < -0.4 is 10.6 Å². The van der Waals surface area contributed by atoms with Gasteiger partial charge in [-0.1, -0.05) is 11.2 Å². The van der Waals surface area contributed by atoms with Gasteiger partial charge in [-0.2, -0.15) is 0 Å². The average molecular weight is 337 g/mol. The third-order valence-electron chi connectivity index (χ3n) is 4.19. The first-order chi connectivity index (χ1) is 12.3. The fraction of sp³-hybridized carbons (Fsp3) is 0.278. The molecular formula is C18H19N5O2. The van der Waals surface area contributed by atoms with E-state index in [1.54, 1.807) is 6.20 Å². The first kappa shape index (κ1) is 15.6. The summed E-state index contributed by atoms with van der Waals surface area (Å²) < 4.78 is 10.8. The number of hydrogen-bond donors (Lipinski definition) is 1. The first-order valence-electron chi connectivity index (χ1n) is 8.24. The zero-order valence-electron chi connectivity index (χ0n) is 13.8. The molecule has 0 radical (unpaired) electrons. The maximum atomic E-state index is 5.88. The van der Waals surface area contributed by atoms with Crippen molar-refractivity contribution in [3.63, 3.8) is 0 Å². The van der Waals surface area contributed by atoms with Crippen molar-refractivity contribution in [2.45, 2.75) is 6.42 Å². The molecule has 3 aromatic heterocycles. The summed E-state index contributed by atoms with van der Waals surface area (Å²) in [5.74, 6) is 2.04. The van der Waals surface area contributed by atoms with E-state index in [2.05, 4.69) is 26.1 Å². The highest BCUT2D eigenvalue weighted by Gasteiger charge is 2.13. The van der Waals surface area contributed by atoms with Gasteiger partial charge in [-0.25, -0.2) is 9.97 Å². The summed E-state index contributed by atoms with van der Waals surface area (Å²) in [5, 5.41) is 4.13. The van der Waals surface area contributed by atoms with E-state index >= 15 is 0 Å². The van der Waals surface area contributed by atoms with Gasteiger partial charge in [0.25, 0.3) is 0 Å². The van der Waals surface area contributed by atoms with Crippen LogP contribution in [0.4, 0.5) is 11.6 Å². The van der Waals surface area contributed by atoms with Gasteiger partial charge < -0.3 is 19.9 Å². The Hall–Kier alpha value is -2.93. The molecule has 0 aromatic carbocycles. The molecule has 128 valence electrons. The molecule has 0 amide bonds. The Balaban J connectivity index is 1.46. The fourth-order valence-electron chi connectivity index (χ4n) is 2.86. The first-order valence-corrected chi connectivity index (χ1v) is 8.24. The van der Waals surface area contributed by atoms with E-state index in [0.29, 0.717) is 18.0 Å². The van der Waals surface area contributed by atoms with Crippen molar-refractivity contribution in [1.82, 2.24) is 15.1 Å². The summed E-state index contributed by atoms with van der Waals surface area (Å²) in [6.07, 6.45) is 4.19. The number of morpholine rings is 1. The van der Waals surface area contributed by atoms with Crippen LogP contribution in [0.25, 0.3) is 11.3 Å². The van der Waals surface area contributed by atoms with Crippen molar-refractivity contribution in [1.29, 1.82) is 0 Å². The van der Waals surface area contributed by atoms with E-state index in [-0.39, 0.29) is 0 Å². The molecule has 0 spiro atoms. The van der Waals surface area contributed by atoms with E-state index < -0.39 is 0 Å². The standard InChI is InChI=1S/C18H19N5O2/c19-18-15(2-1-5-20-18)16-11-14(22-25-16)10-13-3-4-17(21-12-13)23-6-8-24-9-7-23/h1-5,11-12H,6-10H2,(H2,19,20). The number of anilines is 2. The molecule has 0 saturated carbocycles. The summed E-state index contributed by atoms with van der Waals surface area (Å²) in [5.41, 5.74) is 8.54. The minimum Gasteiger partial charge on any atom is -0.383 e. The predicted molar refractivity (Wildman–Crippen MR) is 94.2 cm³/mol. The highest BCUT2D eigenvalue weighted by atomic mass is 16.5. The third-order valence-corrected chi connectivity index (χ3v) is 4.19. The molecule has 7 nitrogen and oxygen atoms in total. The van der Waals surface area contributed by atoms with Crippen LogP contribution in [0, 0.1) is 0 Å². The summed E-state index contributed by atoms with van der Waals surface area (Å²) >= 11 is 0. The summed E-state index contributed by atoms with van der Waals surface area (Å²) in [4.78, 5) is 10.9. The zero-order chi connectivity index (χ0) is 17.1. The number of pyridine rings is 2. The smallest absolute Gasteiger partial charge is 0.170 e. The fourth-order valence-corrected chi connectivity index (χ4v) is 2.86. The molecule has 4 heterocycles. The van der Waals surface area contributed by atoms with Crippen molar-refractivity contribution in [2.75, 3.05) is 36.9 Å². The Bertz CT molecular complexity index is 841. The quantitative estimate of drug-likeness (QED) is 0.780. The highest BCUT2D eigenvalue weighted by molar-refractivity contribution is 5.69. The summed E-state index contributed by atoms with van der Waals surface area (Å²) in [7, 11) is 0. The van der Waals surface area contributed by atoms with Crippen LogP contribution in [-0.2, 0) is 11.2 Å². The second-order valence-electron chi connectivity index (χ2n) is 5.92. The van der Waals surface area contributed by atoms with Crippen LogP contribution in [0.5, 0.6) is 0 Å². The summed E-state index contributed by atoms with van der Waals surface area (Å²) in [6.45, 7) is 3.27. The van der Waals surface area contributed by atoms with Crippen molar-refractivity contribution < 1.29 is 9.26 Å². The Morgan fingerprint density at radius 2 is 2.00 bits per heavy atom. The maximum absolute atomic E-state index is 5.88. The lowest BCUT2D eigenvalue weighted by molar-refractivity contribution is 0.122. The Kier molecular flexibility index (Phi) is 4.30. The van der Waals surface area contributed by atoms with Gasteiger partial charge in [0.2, 0.25) is 0 Å². The number of aromatic nitrogens is 3. The Labute approximate surface area is 145 Å². The second-order valence-corrected chi connectivity index (χ2v) is 5.92. The molecule has 1 aliphatic rings. The number of nitrogens with two attached hydrogens (primary N) is 1. The molecule has 1 fully saturated rings. The molecular weight excluding hydrogens is 318 g/mol. The van der Waals surface area contributed by atoms with E-state index in [4.69, 9.17) is 15.0 Å². The van der Waals surface area contributed by atoms with Crippen molar-refractivity contribution in [3.05, 3.63) is 54.0 Å². The predicted octanol–water partition coefficient (Wildman–Crippen LogP) is 2.14. The van der Waals surface area contributed by atoms with Crippen LogP contribution in [-0.4, -0.2) is 41.4 Å². The zero-order valence-corrected chi connectivity index (χ0v) is 13.8. The van der Waals surface area contributed by atoms with Crippen molar-refractivity contribution in [2.24, 2.45) is 0 Å². The molecule has 1 aliphatic heterocycles. The molecule has 4 rings (SSSR count). The largest absolute Gasteiger partial charge is 0.383 e. The van der Waals surface area contributed by atoms with Gasteiger partial charge in [-0.15, -0.1) is 0 Å². The van der Waals surface area contributed by atoms with Crippen LogP contribution >= 0.6 is 0 Å². The number of ether oxygens (including phenoxy) is 1. The molecule has 7 heteroatoms. The molecule has 3 aromatic rings. The SMILES string of the molecule is Nc1ncccc1-c1cc(Cc2ccc(N3CCOCC3)nc2)no1. The van der Waals surface area contributed by atoms with Crippen LogP contribution in [0.3, 0.4) is 0 Å². The van der Waals surface area contributed by atoms with Gasteiger partial charge in [0, 0.05) is 38.0 Å². The number of rotatable bonds is 4. The molecule has 2 N–H and O–H groups in total. The normalized spacial score (nSPS) is 14.6. The molecule has 0 aliphatic carbocycles. The minimum atomic E-state index is 0.432. The van der Waals surface area contributed by atoms with Crippen LogP contribution in [0.2, 0.25) is 0 Å². The maximum Gasteiger partial charge on any atom is 0.170 e. The second kappa shape index (κ2) is 6.90. The summed E-state index contributed by atoms with van der Waals surface area (Å²) in [6, 6.07) is 9.70. The Morgan fingerprint density at radius 3 is 2.76 bits per heavy atom. The average Bonchev–Trinajstić information content (AvgIpc) is 3.12. The molecule has 0 atom stereocenters.